The summed E-state index contributed by atoms with van der Waals surface area (Å²) in [6.07, 6.45) is 0. The molecule has 0 amide bonds. The molecule has 2 aliphatic rings. The number of benzene rings is 9. The Morgan fingerprint density at radius 3 is 1.32 bits per heavy atom. The third-order valence-corrected chi connectivity index (χ3v) is 13.0. The number of para-hydroxylation sites is 1. The number of hydrogen-bond donors (Lipinski definition) is 0. The van der Waals surface area contributed by atoms with Crippen LogP contribution in [0.3, 0.4) is 0 Å². The van der Waals surface area contributed by atoms with E-state index in [0.29, 0.717) is 0 Å². The fraction of sp³-hybridized carbons (Fsp3) is 0.0690. The molecule has 0 heterocycles. The van der Waals surface area contributed by atoms with E-state index in [1.54, 1.807) is 0 Å². The normalized spacial score (nSPS) is 13.9. The molecule has 280 valence electrons. The van der Waals surface area contributed by atoms with Gasteiger partial charge in [0.1, 0.15) is 0 Å². The fourth-order valence-corrected chi connectivity index (χ4v) is 10.2. The first-order valence-electron chi connectivity index (χ1n) is 20.7. The van der Waals surface area contributed by atoms with Gasteiger partial charge in [0.05, 0.1) is 5.41 Å². The molecule has 0 fully saturated rings. The van der Waals surface area contributed by atoms with Crippen molar-refractivity contribution in [1.29, 1.82) is 0 Å². The zero-order chi connectivity index (χ0) is 39.6. The van der Waals surface area contributed by atoms with Crippen LogP contribution in [-0.2, 0) is 10.8 Å². The van der Waals surface area contributed by atoms with E-state index in [-0.39, 0.29) is 5.41 Å². The van der Waals surface area contributed by atoms with Crippen LogP contribution in [0.2, 0.25) is 0 Å². The lowest BCUT2D eigenvalue weighted by molar-refractivity contribution is 0.563. The summed E-state index contributed by atoms with van der Waals surface area (Å²) in [7, 11) is 0. The highest BCUT2D eigenvalue weighted by Crippen LogP contribution is 2.62. The molecule has 0 saturated heterocycles. The van der Waals surface area contributed by atoms with E-state index < -0.39 is 5.41 Å². The molecule has 0 atom stereocenters. The number of hydrogen-bond acceptors (Lipinski definition) is 1. The summed E-state index contributed by atoms with van der Waals surface area (Å²) < 4.78 is 0. The maximum atomic E-state index is 2.48. The molecule has 0 unspecified atom stereocenters. The van der Waals surface area contributed by atoms with Gasteiger partial charge in [-0.05, 0) is 120 Å². The molecule has 2 aliphatic carbocycles. The molecule has 1 heteroatoms. The van der Waals surface area contributed by atoms with Crippen molar-refractivity contribution in [3.63, 3.8) is 0 Å². The summed E-state index contributed by atoms with van der Waals surface area (Å²) in [6.45, 7) is 4.77. The molecular formula is C58H43N. The smallest absolute Gasteiger partial charge is 0.0719 e. The van der Waals surface area contributed by atoms with Gasteiger partial charge < -0.3 is 4.90 Å². The highest BCUT2D eigenvalue weighted by Gasteiger charge is 2.53. The average molecular weight is 754 g/mol. The molecule has 0 N–H and O–H groups in total. The molecule has 9 aromatic carbocycles. The van der Waals surface area contributed by atoms with Crippen LogP contribution in [0.5, 0.6) is 0 Å². The van der Waals surface area contributed by atoms with Crippen LogP contribution in [0, 0.1) is 0 Å². The first-order chi connectivity index (χ1) is 29.0. The topological polar surface area (TPSA) is 3.24 Å². The van der Waals surface area contributed by atoms with E-state index in [9.17, 15) is 0 Å². The Morgan fingerprint density at radius 2 is 0.678 bits per heavy atom. The third-order valence-electron chi connectivity index (χ3n) is 13.0. The maximum absolute atomic E-state index is 2.48. The third kappa shape index (κ3) is 5.46. The second-order valence-electron chi connectivity index (χ2n) is 16.5. The first-order valence-corrected chi connectivity index (χ1v) is 20.7. The second-order valence-corrected chi connectivity index (χ2v) is 16.5. The van der Waals surface area contributed by atoms with Crippen LogP contribution >= 0.6 is 0 Å². The van der Waals surface area contributed by atoms with Crippen LogP contribution in [0.4, 0.5) is 17.1 Å². The molecule has 9 aromatic rings. The Bertz CT molecular complexity index is 2940. The van der Waals surface area contributed by atoms with Crippen molar-refractivity contribution in [2.24, 2.45) is 0 Å². The largest absolute Gasteiger partial charge is 0.310 e. The molecule has 1 nitrogen and oxygen atoms in total. The molecular weight excluding hydrogens is 711 g/mol. The molecule has 0 aromatic heterocycles. The Labute approximate surface area is 347 Å². The maximum Gasteiger partial charge on any atom is 0.0719 e. The van der Waals surface area contributed by atoms with Crippen molar-refractivity contribution in [3.8, 4) is 44.5 Å². The van der Waals surface area contributed by atoms with Gasteiger partial charge in [0.25, 0.3) is 0 Å². The Balaban J connectivity index is 0.982. The molecule has 59 heavy (non-hydrogen) atoms. The van der Waals surface area contributed by atoms with Gasteiger partial charge in [-0.25, -0.2) is 0 Å². The van der Waals surface area contributed by atoms with Crippen molar-refractivity contribution in [3.05, 3.63) is 258 Å². The minimum absolute atomic E-state index is 0.119. The summed E-state index contributed by atoms with van der Waals surface area (Å²) in [4.78, 5) is 2.34. The Morgan fingerprint density at radius 1 is 0.271 bits per heavy atom. The van der Waals surface area contributed by atoms with Gasteiger partial charge in [-0.2, -0.15) is 0 Å². The molecule has 1 spiro atoms. The van der Waals surface area contributed by atoms with Crippen LogP contribution < -0.4 is 4.90 Å². The van der Waals surface area contributed by atoms with Crippen molar-refractivity contribution in [1.82, 2.24) is 0 Å². The van der Waals surface area contributed by atoms with Gasteiger partial charge in [-0.3, -0.25) is 0 Å². The number of nitrogens with zero attached hydrogens (tertiary/aromatic N) is 1. The van der Waals surface area contributed by atoms with Gasteiger partial charge in [0.15, 0.2) is 0 Å². The van der Waals surface area contributed by atoms with E-state index in [0.717, 1.165) is 17.1 Å². The quantitative estimate of drug-likeness (QED) is 0.163. The lowest BCUT2D eigenvalue weighted by Gasteiger charge is -2.46. The van der Waals surface area contributed by atoms with Crippen LogP contribution in [0.15, 0.2) is 224 Å². The minimum atomic E-state index is -0.405. The molecule has 0 bridgehead atoms. The van der Waals surface area contributed by atoms with E-state index in [4.69, 9.17) is 0 Å². The summed E-state index contributed by atoms with van der Waals surface area (Å²) in [5.74, 6) is 0. The van der Waals surface area contributed by atoms with Gasteiger partial charge in [-0.15, -0.1) is 0 Å². The van der Waals surface area contributed by atoms with Crippen LogP contribution in [0.25, 0.3) is 44.5 Å². The predicted molar refractivity (Wildman–Crippen MR) is 247 cm³/mol. The van der Waals surface area contributed by atoms with E-state index in [1.165, 1.54) is 77.9 Å². The first kappa shape index (κ1) is 35.0. The van der Waals surface area contributed by atoms with E-state index >= 15 is 0 Å². The standard InChI is InChI=1S/C58H43N/c1-57(2)52-24-11-13-26-54(52)58(55-27-14-12-25-53(55)57)51-23-10-9-22-49(51)50-37-34-45(39-56(50)58)43-30-28-42(29-31-43)44-18-15-21-48(38-44)59(46-19-7-4-8-20-46)47-35-32-41(33-36-47)40-16-5-3-6-17-40/h3-39H,1-2H3. The summed E-state index contributed by atoms with van der Waals surface area (Å²) in [5.41, 5.74) is 21.0. The van der Waals surface area contributed by atoms with Gasteiger partial charge >= 0.3 is 0 Å². The zero-order valence-electron chi connectivity index (χ0n) is 33.3. The van der Waals surface area contributed by atoms with E-state index in [1.807, 2.05) is 0 Å². The zero-order valence-corrected chi connectivity index (χ0v) is 33.3. The van der Waals surface area contributed by atoms with Crippen molar-refractivity contribution in [2.45, 2.75) is 24.7 Å². The van der Waals surface area contributed by atoms with Gasteiger partial charge in [-0.1, -0.05) is 196 Å². The Kier molecular flexibility index (Phi) is 8.13. The van der Waals surface area contributed by atoms with Crippen LogP contribution in [0.1, 0.15) is 47.2 Å². The monoisotopic (exact) mass is 753 g/mol. The summed E-state index contributed by atoms with van der Waals surface area (Å²) in [6, 6.07) is 82.7. The molecule has 0 radical (unpaired) electrons. The number of fused-ring (bicyclic) bond motifs is 9. The van der Waals surface area contributed by atoms with Crippen molar-refractivity contribution < 1.29 is 0 Å². The lowest BCUT2D eigenvalue weighted by Crippen LogP contribution is -2.40. The van der Waals surface area contributed by atoms with Gasteiger partial charge in [0.2, 0.25) is 0 Å². The van der Waals surface area contributed by atoms with Crippen molar-refractivity contribution >= 4 is 17.1 Å². The molecule has 0 saturated carbocycles. The molecule has 11 rings (SSSR count). The minimum Gasteiger partial charge on any atom is -0.310 e. The summed E-state index contributed by atoms with van der Waals surface area (Å²) in [5, 5.41) is 0. The Hall–Kier alpha value is -7.22. The highest BCUT2D eigenvalue weighted by molar-refractivity contribution is 5.90. The van der Waals surface area contributed by atoms with Crippen molar-refractivity contribution in [2.75, 3.05) is 4.90 Å². The fourth-order valence-electron chi connectivity index (χ4n) is 10.2. The second kappa shape index (κ2) is 13.7. The average Bonchev–Trinajstić information content (AvgIpc) is 3.60. The molecule has 0 aliphatic heterocycles. The van der Waals surface area contributed by atoms with Gasteiger partial charge in [0, 0.05) is 22.5 Å². The number of rotatable bonds is 6. The SMILES string of the molecule is CC1(C)c2ccccc2C2(c3ccccc3-c3ccc(-c4ccc(-c5cccc(N(c6ccccc6)c6ccc(-c7ccccc7)cc6)c5)cc4)cc32)c2ccccc21. The van der Waals surface area contributed by atoms with E-state index in [2.05, 4.69) is 243 Å². The predicted octanol–water partition coefficient (Wildman–Crippen LogP) is 15.2. The number of anilines is 3. The highest BCUT2D eigenvalue weighted by atomic mass is 15.1. The summed E-state index contributed by atoms with van der Waals surface area (Å²) >= 11 is 0. The van der Waals surface area contributed by atoms with Crippen LogP contribution in [-0.4, -0.2) is 0 Å². The lowest BCUT2D eigenvalue weighted by atomic mass is 9.55.